The molecule has 2 rings (SSSR count). The van der Waals surface area contributed by atoms with Crippen molar-refractivity contribution < 1.29 is 9.53 Å². The normalized spacial score (nSPS) is 14.8. The van der Waals surface area contributed by atoms with Gasteiger partial charge in [-0.05, 0) is 20.8 Å². The van der Waals surface area contributed by atoms with E-state index in [1.807, 2.05) is 31.7 Å². The fraction of sp³-hybridized carbons (Fsp3) is 0.533. The summed E-state index contributed by atoms with van der Waals surface area (Å²) in [6.45, 7) is 7.28. The largest absolute Gasteiger partial charge is 0.444 e. The van der Waals surface area contributed by atoms with E-state index < -0.39 is 5.60 Å². The summed E-state index contributed by atoms with van der Waals surface area (Å²) in [5.74, 6) is 0.344. The molecule has 24 heavy (non-hydrogen) atoms. The Morgan fingerprint density at radius 2 is 1.67 bits per heavy atom. The highest BCUT2D eigenvalue weighted by Crippen LogP contribution is 2.24. The second-order valence-electron chi connectivity index (χ2n) is 6.21. The van der Waals surface area contributed by atoms with Crippen molar-refractivity contribution in [1.29, 1.82) is 10.5 Å². The lowest BCUT2D eigenvalue weighted by atomic mass is 10.2. The van der Waals surface area contributed by atoms with E-state index in [-0.39, 0.29) is 22.6 Å². The molecule has 0 saturated carbocycles. The number of amides is 1. The molecule has 8 nitrogen and oxygen atoms in total. The average Bonchev–Trinajstić information content (AvgIpc) is 2.53. The van der Waals surface area contributed by atoms with Gasteiger partial charge in [0.05, 0.1) is 0 Å². The maximum Gasteiger partial charge on any atom is 0.410 e. The van der Waals surface area contributed by atoms with Crippen molar-refractivity contribution in [3.05, 3.63) is 16.5 Å². The molecule has 1 aliphatic rings. The van der Waals surface area contributed by atoms with Gasteiger partial charge in [0.15, 0.2) is 22.4 Å². The maximum atomic E-state index is 12.1. The van der Waals surface area contributed by atoms with Gasteiger partial charge in [0.25, 0.3) is 0 Å². The Hall–Kier alpha value is -2.58. The van der Waals surface area contributed by atoms with Gasteiger partial charge < -0.3 is 14.5 Å². The summed E-state index contributed by atoms with van der Waals surface area (Å²) < 4.78 is 5.34. The topological polar surface area (TPSA) is 106 Å². The molecule has 1 aromatic heterocycles. The first-order valence-electron chi connectivity index (χ1n) is 7.36. The van der Waals surface area contributed by atoms with Crippen LogP contribution in [0.3, 0.4) is 0 Å². The number of hydrogen-bond donors (Lipinski definition) is 0. The fourth-order valence-electron chi connectivity index (χ4n) is 2.19. The zero-order valence-electron chi connectivity index (χ0n) is 13.7. The number of anilines is 1. The number of halogens is 1. The third-order valence-corrected chi connectivity index (χ3v) is 3.53. The van der Waals surface area contributed by atoms with E-state index in [0.29, 0.717) is 32.0 Å². The van der Waals surface area contributed by atoms with Crippen LogP contribution in [0.4, 0.5) is 10.6 Å². The van der Waals surface area contributed by atoms with Gasteiger partial charge in [-0.15, -0.1) is 0 Å². The zero-order valence-corrected chi connectivity index (χ0v) is 14.5. The number of carbonyl (C=O) groups is 1. The molecule has 2 heterocycles. The van der Waals surface area contributed by atoms with Gasteiger partial charge in [0.1, 0.15) is 17.7 Å². The van der Waals surface area contributed by atoms with Crippen LogP contribution < -0.4 is 4.90 Å². The molecule has 0 bridgehead atoms. The van der Waals surface area contributed by atoms with Crippen LogP contribution in [0.2, 0.25) is 5.15 Å². The van der Waals surface area contributed by atoms with Gasteiger partial charge in [0.2, 0.25) is 0 Å². The van der Waals surface area contributed by atoms with Crippen molar-refractivity contribution in [2.45, 2.75) is 26.4 Å². The Morgan fingerprint density at radius 1 is 1.12 bits per heavy atom. The lowest BCUT2D eigenvalue weighted by molar-refractivity contribution is 0.0240. The first-order valence-corrected chi connectivity index (χ1v) is 7.73. The van der Waals surface area contributed by atoms with E-state index in [9.17, 15) is 4.79 Å². The molecular formula is C15H17ClN6O2. The van der Waals surface area contributed by atoms with E-state index in [0.717, 1.165) is 0 Å². The lowest BCUT2D eigenvalue weighted by Crippen LogP contribution is -2.50. The van der Waals surface area contributed by atoms with Gasteiger partial charge in [-0.25, -0.2) is 14.8 Å². The Balaban J connectivity index is 2.09. The van der Waals surface area contributed by atoms with Crippen LogP contribution in [-0.4, -0.2) is 52.7 Å². The van der Waals surface area contributed by atoms with Gasteiger partial charge in [-0.3, -0.25) is 0 Å². The first-order chi connectivity index (χ1) is 11.2. The molecule has 1 amide bonds. The third kappa shape index (κ3) is 4.03. The summed E-state index contributed by atoms with van der Waals surface area (Å²) in [6, 6.07) is 3.63. The van der Waals surface area contributed by atoms with E-state index in [1.54, 1.807) is 11.0 Å². The summed E-state index contributed by atoms with van der Waals surface area (Å²) >= 11 is 6.08. The van der Waals surface area contributed by atoms with Crippen LogP contribution >= 0.6 is 11.6 Å². The van der Waals surface area contributed by atoms with Crippen molar-refractivity contribution in [2.75, 3.05) is 31.1 Å². The van der Waals surface area contributed by atoms with Gasteiger partial charge >= 0.3 is 6.09 Å². The minimum atomic E-state index is -0.544. The summed E-state index contributed by atoms with van der Waals surface area (Å²) in [4.78, 5) is 23.5. The van der Waals surface area contributed by atoms with E-state index in [2.05, 4.69) is 9.97 Å². The standard InChI is InChI=1S/C15H17ClN6O2/c1-15(2,3)24-14(23)22-6-4-21(5-7-22)13-12(16)19-10(8-17)11(9-18)20-13/h4-7H2,1-3H3. The van der Waals surface area contributed by atoms with Crippen molar-refractivity contribution in [3.63, 3.8) is 0 Å². The average molecular weight is 349 g/mol. The Morgan fingerprint density at radius 3 is 2.17 bits per heavy atom. The Bertz CT molecular complexity index is 723. The number of carbonyl (C=O) groups excluding carboxylic acids is 1. The van der Waals surface area contributed by atoms with Crippen LogP contribution in [0, 0.1) is 22.7 Å². The minimum Gasteiger partial charge on any atom is -0.444 e. The SMILES string of the molecule is CC(C)(C)OC(=O)N1CCN(c2nc(C#N)c(C#N)nc2Cl)CC1. The molecule has 9 heteroatoms. The molecule has 126 valence electrons. The lowest BCUT2D eigenvalue weighted by Gasteiger charge is -2.36. The molecule has 1 saturated heterocycles. The second kappa shape index (κ2) is 6.90. The first kappa shape index (κ1) is 17.8. The van der Waals surface area contributed by atoms with Crippen LogP contribution in [-0.2, 0) is 4.74 Å². The quantitative estimate of drug-likeness (QED) is 0.763. The molecule has 0 spiro atoms. The smallest absolute Gasteiger partial charge is 0.410 e. The van der Waals surface area contributed by atoms with E-state index in [1.165, 1.54) is 0 Å². The molecular weight excluding hydrogens is 332 g/mol. The maximum absolute atomic E-state index is 12.1. The molecule has 0 unspecified atom stereocenters. The summed E-state index contributed by atoms with van der Waals surface area (Å²) in [5.41, 5.74) is -0.706. The van der Waals surface area contributed by atoms with Crippen LogP contribution in [0.25, 0.3) is 0 Å². The second-order valence-corrected chi connectivity index (χ2v) is 6.57. The molecule has 0 aromatic carbocycles. The Labute approximate surface area is 145 Å². The highest BCUT2D eigenvalue weighted by molar-refractivity contribution is 6.31. The molecule has 0 atom stereocenters. The van der Waals surface area contributed by atoms with Crippen LogP contribution in [0.1, 0.15) is 32.2 Å². The van der Waals surface area contributed by atoms with Crippen molar-refractivity contribution in [2.24, 2.45) is 0 Å². The summed E-state index contributed by atoms with van der Waals surface area (Å²) in [6.07, 6.45) is -0.364. The van der Waals surface area contributed by atoms with Crippen molar-refractivity contribution in [1.82, 2.24) is 14.9 Å². The summed E-state index contributed by atoms with van der Waals surface area (Å²) in [5, 5.41) is 18.0. The minimum absolute atomic E-state index is 0.0635. The number of nitriles is 2. The molecule has 0 radical (unpaired) electrons. The predicted octanol–water partition coefficient (Wildman–Crippen LogP) is 1.93. The highest BCUT2D eigenvalue weighted by atomic mass is 35.5. The van der Waals surface area contributed by atoms with Crippen LogP contribution in [0.15, 0.2) is 0 Å². The zero-order chi connectivity index (χ0) is 17.9. The molecule has 0 N–H and O–H groups in total. The Kier molecular flexibility index (Phi) is 5.10. The molecule has 1 fully saturated rings. The third-order valence-electron chi connectivity index (χ3n) is 3.28. The number of rotatable bonds is 1. The number of ether oxygens (including phenoxy) is 1. The van der Waals surface area contributed by atoms with E-state index >= 15 is 0 Å². The predicted molar refractivity (Wildman–Crippen MR) is 86.5 cm³/mol. The number of piperazine rings is 1. The monoisotopic (exact) mass is 348 g/mol. The number of aromatic nitrogens is 2. The number of hydrogen-bond acceptors (Lipinski definition) is 7. The van der Waals surface area contributed by atoms with Crippen molar-refractivity contribution >= 4 is 23.5 Å². The molecule has 1 aliphatic heterocycles. The van der Waals surface area contributed by atoms with Gasteiger partial charge in [-0.2, -0.15) is 10.5 Å². The highest BCUT2D eigenvalue weighted by Gasteiger charge is 2.27. The van der Waals surface area contributed by atoms with Crippen molar-refractivity contribution in [3.8, 4) is 12.1 Å². The van der Waals surface area contributed by atoms with Gasteiger partial charge in [0, 0.05) is 26.2 Å². The van der Waals surface area contributed by atoms with Gasteiger partial charge in [-0.1, -0.05) is 11.6 Å². The molecule has 1 aromatic rings. The van der Waals surface area contributed by atoms with Crippen LogP contribution in [0.5, 0.6) is 0 Å². The molecule has 0 aliphatic carbocycles. The number of nitrogens with zero attached hydrogens (tertiary/aromatic N) is 6. The fourth-order valence-corrected chi connectivity index (χ4v) is 2.44. The summed E-state index contributed by atoms with van der Waals surface area (Å²) in [7, 11) is 0. The van der Waals surface area contributed by atoms with E-state index in [4.69, 9.17) is 26.9 Å².